The molecular weight excluding hydrogens is 313 g/mol. The largest absolute Gasteiger partial charge is 0.294 e. The lowest BCUT2D eigenvalue weighted by Crippen LogP contribution is -2.28. The van der Waals surface area contributed by atoms with Gasteiger partial charge in [-0.1, -0.05) is 47.5 Å². The molecule has 2 nitrogen and oxygen atoms in total. The van der Waals surface area contributed by atoms with Gasteiger partial charge in [-0.25, -0.2) is 0 Å². The minimum atomic E-state index is -0.0559. The number of thioether (sulfide) groups is 1. The molecule has 0 aromatic heterocycles. The van der Waals surface area contributed by atoms with Crippen LogP contribution in [0.5, 0.6) is 0 Å². The van der Waals surface area contributed by atoms with Crippen LogP contribution in [0.4, 0.5) is 5.69 Å². The summed E-state index contributed by atoms with van der Waals surface area (Å²) in [6.45, 7) is 0. The van der Waals surface area contributed by atoms with E-state index in [9.17, 15) is 4.79 Å². The first-order valence-electron chi connectivity index (χ1n) is 6.10. The van der Waals surface area contributed by atoms with E-state index in [4.69, 9.17) is 23.2 Å². The van der Waals surface area contributed by atoms with Crippen molar-refractivity contribution in [3.8, 4) is 0 Å². The maximum atomic E-state index is 12.2. The van der Waals surface area contributed by atoms with Gasteiger partial charge in [-0.3, -0.25) is 9.69 Å². The molecule has 2 aromatic rings. The third-order valence-corrected chi connectivity index (χ3v) is 4.92. The van der Waals surface area contributed by atoms with Crippen LogP contribution in [0, 0.1) is 0 Å². The molecule has 1 saturated heterocycles. The van der Waals surface area contributed by atoms with Crippen LogP contribution in [-0.4, -0.2) is 11.7 Å². The van der Waals surface area contributed by atoms with Crippen LogP contribution in [0.15, 0.2) is 48.5 Å². The summed E-state index contributed by atoms with van der Waals surface area (Å²) >= 11 is 13.7. The number of hydrogen-bond acceptors (Lipinski definition) is 2. The van der Waals surface area contributed by atoms with Gasteiger partial charge in [0.25, 0.3) is 0 Å². The zero-order valence-corrected chi connectivity index (χ0v) is 12.8. The topological polar surface area (TPSA) is 20.3 Å². The van der Waals surface area contributed by atoms with E-state index in [1.165, 1.54) is 0 Å². The van der Waals surface area contributed by atoms with Gasteiger partial charge in [-0.2, -0.15) is 0 Å². The lowest BCUT2D eigenvalue weighted by molar-refractivity contribution is -0.115. The van der Waals surface area contributed by atoms with Crippen LogP contribution in [0.3, 0.4) is 0 Å². The van der Waals surface area contributed by atoms with Crippen molar-refractivity contribution in [3.63, 3.8) is 0 Å². The van der Waals surface area contributed by atoms with Crippen LogP contribution < -0.4 is 4.90 Å². The van der Waals surface area contributed by atoms with Crippen molar-refractivity contribution in [2.75, 3.05) is 10.7 Å². The number of hydrogen-bond donors (Lipinski definition) is 0. The van der Waals surface area contributed by atoms with Crippen molar-refractivity contribution in [3.05, 3.63) is 64.1 Å². The van der Waals surface area contributed by atoms with E-state index < -0.39 is 0 Å². The van der Waals surface area contributed by atoms with Gasteiger partial charge >= 0.3 is 0 Å². The molecule has 102 valence electrons. The Morgan fingerprint density at radius 1 is 1.05 bits per heavy atom. The molecule has 1 atom stereocenters. The van der Waals surface area contributed by atoms with Gasteiger partial charge in [0.1, 0.15) is 5.37 Å². The average molecular weight is 324 g/mol. The number of para-hydroxylation sites is 1. The van der Waals surface area contributed by atoms with E-state index in [0.717, 1.165) is 11.3 Å². The van der Waals surface area contributed by atoms with Gasteiger partial charge in [-0.15, -0.1) is 11.8 Å². The Kier molecular flexibility index (Phi) is 3.92. The summed E-state index contributed by atoms with van der Waals surface area (Å²) in [5.41, 5.74) is 1.80. The molecule has 1 aliphatic heterocycles. The molecule has 2 aromatic carbocycles. The Bertz CT molecular complexity index is 645. The van der Waals surface area contributed by atoms with Gasteiger partial charge in [0.05, 0.1) is 16.5 Å². The van der Waals surface area contributed by atoms with Gasteiger partial charge in [0.15, 0.2) is 0 Å². The molecule has 1 aliphatic rings. The molecule has 5 heteroatoms. The summed E-state index contributed by atoms with van der Waals surface area (Å²) in [6, 6.07) is 15.0. The van der Waals surface area contributed by atoms with E-state index in [2.05, 4.69) is 0 Å². The highest BCUT2D eigenvalue weighted by Crippen LogP contribution is 2.43. The number of benzene rings is 2. The molecule has 0 unspecified atom stereocenters. The first kappa shape index (κ1) is 13.8. The van der Waals surface area contributed by atoms with E-state index >= 15 is 0 Å². The minimum Gasteiger partial charge on any atom is -0.294 e. The van der Waals surface area contributed by atoms with E-state index in [0.29, 0.717) is 15.8 Å². The van der Waals surface area contributed by atoms with Crippen LogP contribution >= 0.6 is 35.0 Å². The summed E-state index contributed by atoms with van der Waals surface area (Å²) in [7, 11) is 0. The lowest BCUT2D eigenvalue weighted by atomic mass is 10.2. The number of nitrogens with zero attached hydrogens (tertiary/aromatic N) is 1. The normalized spacial score (nSPS) is 18.6. The highest BCUT2D eigenvalue weighted by atomic mass is 35.5. The quantitative estimate of drug-likeness (QED) is 0.793. The summed E-state index contributed by atoms with van der Waals surface area (Å²) in [5, 5.41) is 1.22. The number of carbonyl (C=O) groups is 1. The van der Waals surface area contributed by atoms with Gasteiger partial charge in [0, 0.05) is 5.02 Å². The number of amides is 1. The van der Waals surface area contributed by atoms with Crippen molar-refractivity contribution in [1.82, 2.24) is 0 Å². The second-order valence-corrected chi connectivity index (χ2v) is 6.34. The second kappa shape index (κ2) is 5.68. The summed E-state index contributed by atoms with van der Waals surface area (Å²) in [5.74, 6) is 0.529. The molecule has 0 radical (unpaired) electrons. The second-order valence-electron chi connectivity index (χ2n) is 4.43. The van der Waals surface area contributed by atoms with Crippen LogP contribution in [0.2, 0.25) is 10.0 Å². The molecule has 20 heavy (non-hydrogen) atoms. The molecule has 3 rings (SSSR count). The van der Waals surface area contributed by atoms with Crippen molar-refractivity contribution < 1.29 is 4.79 Å². The Morgan fingerprint density at radius 3 is 2.45 bits per heavy atom. The monoisotopic (exact) mass is 323 g/mol. The van der Waals surface area contributed by atoms with E-state index in [-0.39, 0.29) is 11.3 Å². The highest BCUT2D eigenvalue weighted by Gasteiger charge is 2.34. The zero-order chi connectivity index (χ0) is 14.1. The smallest absolute Gasteiger partial charge is 0.238 e. The van der Waals surface area contributed by atoms with Crippen LogP contribution in [-0.2, 0) is 4.79 Å². The average Bonchev–Trinajstić information content (AvgIpc) is 2.82. The van der Waals surface area contributed by atoms with Crippen LogP contribution in [0.1, 0.15) is 10.9 Å². The Labute approximate surface area is 131 Å². The van der Waals surface area contributed by atoms with Crippen molar-refractivity contribution in [2.24, 2.45) is 0 Å². The zero-order valence-electron chi connectivity index (χ0n) is 10.4. The number of carbonyl (C=O) groups excluding carboxylic acids is 1. The maximum Gasteiger partial charge on any atom is 0.238 e. The minimum absolute atomic E-state index is 0.0559. The van der Waals surface area contributed by atoms with Gasteiger partial charge in [0.2, 0.25) is 5.91 Å². The maximum absolute atomic E-state index is 12.2. The summed E-state index contributed by atoms with van der Waals surface area (Å²) in [4.78, 5) is 14.0. The van der Waals surface area contributed by atoms with E-state index in [1.54, 1.807) is 22.7 Å². The molecule has 1 amide bonds. The standard InChI is InChI=1S/C15H11Cl2NOS/c16-11-7-5-10(6-8-11)15-18(14(19)9-20-15)13-4-2-1-3-12(13)17/h1-8,15H,9H2/t15-/m1/s1. The predicted octanol–water partition coefficient (Wildman–Crippen LogP) is 4.77. The Morgan fingerprint density at radius 2 is 1.75 bits per heavy atom. The molecule has 1 heterocycles. The Balaban J connectivity index is 2.01. The molecule has 1 fully saturated rings. The summed E-state index contributed by atoms with van der Waals surface area (Å²) in [6.07, 6.45) is 0. The molecular formula is C15H11Cl2NOS. The van der Waals surface area contributed by atoms with Gasteiger partial charge < -0.3 is 0 Å². The Hall–Kier alpha value is -1.16. The highest BCUT2D eigenvalue weighted by molar-refractivity contribution is 8.00. The predicted molar refractivity (Wildman–Crippen MR) is 85.6 cm³/mol. The lowest BCUT2D eigenvalue weighted by Gasteiger charge is -2.25. The SMILES string of the molecule is O=C1CS[C@H](c2ccc(Cl)cc2)N1c1ccccc1Cl. The van der Waals surface area contributed by atoms with Gasteiger partial charge in [-0.05, 0) is 29.8 Å². The number of anilines is 1. The molecule has 0 saturated carbocycles. The number of halogens is 2. The first-order valence-corrected chi connectivity index (χ1v) is 7.91. The summed E-state index contributed by atoms with van der Waals surface area (Å²) < 4.78 is 0. The van der Waals surface area contributed by atoms with E-state index in [1.807, 2.05) is 42.5 Å². The molecule has 0 bridgehead atoms. The molecule has 0 spiro atoms. The molecule has 0 aliphatic carbocycles. The van der Waals surface area contributed by atoms with Crippen LogP contribution in [0.25, 0.3) is 0 Å². The molecule has 0 N–H and O–H groups in total. The number of rotatable bonds is 2. The third kappa shape index (κ3) is 2.53. The fourth-order valence-corrected chi connectivity index (χ4v) is 3.73. The van der Waals surface area contributed by atoms with Crippen molar-refractivity contribution in [2.45, 2.75) is 5.37 Å². The fraction of sp³-hybridized carbons (Fsp3) is 0.133. The first-order chi connectivity index (χ1) is 9.66. The van der Waals surface area contributed by atoms with Crippen molar-refractivity contribution in [1.29, 1.82) is 0 Å². The third-order valence-electron chi connectivity index (χ3n) is 3.14. The van der Waals surface area contributed by atoms with Crippen molar-refractivity contribution >= 4 is 46.6 Å². The fourth-order valence-electron chi connectivity index (χ4n) is 2.21.